The van der Waals surface area contributed by atoms with Crippen LogP contribution >= 0.6 is 0 Å². The summed E-state index contributed by atoms with van der Waals surface area (Å²) in [5, 5.41) is 0. The predicted octanol–water partition coefficient (Wildman–Crippen LogP) is 2.51. The van der Waals surface area contributed by atoms with E-state index in [-0.39, 0.29) is 6.04 Å². The zero-order valence-corrected chi connectivity index (χ0v) is 9.80. The first-order valence-corrected chi connectivity index (χ1v) is 5.56. The highest BCUT2D eigenvalue weighted by Gasteiger charge is 1.99. The molecule has 1 unspecified atom stereocenters. The summed E-state index contributed by atoms with van der Waals surface area (Å²) in [6, 6.07) is 6.37. The van der Waals surface area contributed by atoms with Crippen molar-refractivity contribution in [1.82, 2.24) is 0 Å². The van der Waals surface area contributed by atoms with Crippen molar-refractivity contribution in [1.29, 1.82) is 0 Å². The van der Waals surface area contributed by atoms with Crippen molar-refractivity contribution in [2.75, 3.05) is 0 Å². The monoisotopic (exact) mass is 201 g/mol. The molecular weight excluding hydrogens is 182 g/mol. The van der Waals surface area contributed by atoms with Crippen LogP contribution in [0.15, 0.2) is 18.2 Å². The van der Waals surface area contributed by atoms with Crippen molar-refractivity contribution in [3.63, 3.8) is 0 Å². The average molecular weight is 201 g/mol. The fourth-order valence-electron chi connectivity index (χ4n) is 1.57. The van der Waals surface area contributed by atoms with Crippen LogP contribution in [0.1, 0.15) is 37.5 Å². The number of rotatable bonds is 2. The van der Waals surface area contributed by atoms with E-state index in [0.717, 1.165) is 18.4 Å². The summed E-state index contributed by atoms with van der Waals surface area (Å²) in [7, 11) is 0. The Balaban J connectivity index is 2.99. The van der Waals surface area contributed by atoms with Crippen molar-refractivity contribution >= 4 is 0 Å². The maximum Gasteiger partial charge on any atom is 0.0639 e. The van der Waals surface area contributed by atoms with Gasteiger partial charge in [-0.15, -0.1) is 0 Å². The van der Waals surface area contributed by atoms with Gasteiger partial charge in [-0.05, 0) is 43.0 Å². The van der Waals surface area contributed by atoms with Gasteiger partial charge in [0, 0.05) is 5.56 Å². The lowest BCUT2D eigenvalue weighted by Gasteiger charge is -2.05. The lowest BCUT2D eigenvalue weighted by atomic mass is 10.0. The highest BCUT2D eigenvalue weighted by molar-refractivity contribution is 5.41. The third-order valence-corrected chi connectivity index (χ3v) is 2.41. The van der Waals surface area contributed by atoms with Gasteiger partial charge in [0.2, 0.25) is 0 Å². The van der Waals surface area contributed by atoms with Crippen molar-refractivity contribution in [3.05, 3.63) is 34.9 Å². The molecule has 0 bridgehead atoms. The SMILES string of the molecule is CCc1ccc(C#CC(C)N)cc1CC. The van der Waals surface area contributed by atoms with Crippen LogP contribution in [0.4, 0.5) is 0 Å². The molecule has 1 aromatic rings. The summed E-state index contributed by atoms with van der Waals surface area (Å²) >= 11 is 0. The summed E-state index contributed by atoms with van der Waals surface area (Å²) in [4.78, 5) is 0. The second kappa shape index (κ2) is 5.58. The molecule has 0 saturated heterocycles. The Labute approximate surface area is 92.7 Å². The minimum Gasteiger partial charge on any atom is -0.318 e. The molecule has 15 heavy (non-hydrogen) atoms. The lowest BCUT2D eigenvalue weighted by Crippen LogP contribution is -2.10. The van der Waals surface area contributed by atoms with E-state index in [4.69, 9.17) is 5.73 Å². The van der Waals surface area contributed by atoms with E-state index in [0.29, 0.717) is 0 Å². The van der Waals surface area contributed by atoms with E-state index < -0.39 is 0 Å². The van der Waals surface area contributed by atoms with Crippen LogP contribution in [0, 0.1) is 11.8 Å². The van der Waals surface area contributed by atoms with E-state index >= 15 is 0 Å². The van der Waals surface area contributed by atoms with E-state index in [1.54, 1.807) is 0 Å². The fourth-order valence-corrected chi connectivity index (χ4v) is 1.57. The van der Waals surface area contributed by atoms with Crippen LogP contribution in [0.25, 0.3) is 0 Å². The average Bonchev–Trinajstić information content (AvgIpc) is 2.25. The van der Waals surface area contributed by atoms with E-state index in [2.05, 4.69) is 43.9 Å². The minimum atomic E-state index is -0.0547. The Morgan fingerprint density at radius 2 is 1.87 bits per heavy atom. The predicted molar refractivity (Wildman–Crippen MR) is 65.7 cm³/mol. The van der Waals surface area contributed by atoms with E-state index in [1.807, 2.05) is 6.92 Å². The van der Waals surface area contributed by atoms with Crippen LogP contribution in [0.2, 0.25) is 0 Å². The molecule has 2 N–H and O–H groups in total. The number of aryl methyl sites for hydroxylation is 2. The normalized spacial score (nSPS) is 11.7. The van der Waals surface area contributed by atoms with Crippen LogP contribution in [-0.2, 0) is 12.8 Å². The highest BCUT2D eigenvalue weighted by Crippen LogP contribution is 2.13. The van der Waals surface area contributed by atoms with E-state index in [9.17, 15) is 0 Å². The zero-order valence-electron chi connectivity index (χ0n) is 9.80. The molecule has 0 aromatic heterocycles. The smallest absolute Gasteiger partial charge is 0.0639 e. The summed E-state index contributed by atoms with van der Waals surface area (Å²) in [5.41, 5.74) is 9.48. The highest BCUT2D eigenvalue weighted by atomic mass is 14.6. The van der Waals surface area contributed by atoms with Crippen LogP contribution in [0.3, 0.4) is 0 Å². The molecule has 1 heteroatoms. The van der Waals surface area contributed by atoms with Gasteiger partial charge in [0.25, 0.3) is 0 Å². The van der Waals surface area contributed by atoms with Crippen molar-refractivity contribution in [2.45, 2.75) is 39.7 Å². The molecule has 0 saturated carbocycles. The van der Waals surface area contributed by atoms with Gasteiger partial charge in [0.15, 0.2) is 0 Å². The molecule has 1 atom stereocenters. The molecule has 1 rings (SSSR count). The van der Waals surface area contributed by atoms with Crippen molar-refractivity contribution in [2.24, 2.45) is 5.73 Å². The minimum absolute atomic E-state index is 0.0547. The van der Waals surface area contributed by atoms with Gasteiger partial charge in [0.05, 0.1) is 6.04 Å². The molecule has 80 valence electrons. The Kier molecular flexibility index (Phi) is 4.39. The summed E-state index contributed by atoms with van der Waals surface area (Å²) < 4.78 is 0. The van der Waals surface area contributed by atoms with Crippen LogP contribution in [0.5, 0.6) is 0 Å². The van der Waals surface area contributed by atoms with Gasteiger partial charge in [-0.2, -0.15) is 0 Å². The van der Waals surface area contributed by atoms with Gasteiger partial charge in [-0.1, -0.05) is 31.8 Å². The first kappa shape index (κ1) is 11.8. The first-order chi connectivity index (χ1) is 7.17. The first-order valence-electron chi connectivity index (χ1n) is 5.56. The Morgan fingerprint density at radius 1 is 1.20 bits per heavy atom. The zero-order chi connectivity index (χ0) is 11.3. The summed E-state index contributed by atoms with van der Waals surface area (Å²) in [5.74, 6) is 6.07. The molecule has 1 nitrogen and oxygen atoms in total. The molecular formula is C14H19N. The number of nitrogens with two attached hydrogens (primary N) is 1. The maximum absolute atomic E-state index is 5.59. The summed E-state index contributed by atoms with van der Waals surface area (Å²) in [6.07, 6.45) is 2.15. The molecule has 0 heterocycles. The van der Waals surface area contributed by atoms with Crippen LogP contribution < -0.4 is 5.73 Å². The third kappa shape index (κ3) is 3.42. The Hall–Kier alpha value is -1.26. The standard InChI is InChI=1S/C14H19N/c1-4-13-9-8-12(7-6-11(3)15)10-14(13)5-2/h8-11H,4-5,15H2,1-3H3. The fraction of sp³-hybridized carbons (Fsp3) is 0.429. The molecule has 0 spiro atoms. The molecule has 0 radical (unpaired) electrons. The number of hydrogen-bond acceptors (Lipinski definition) is 1. The van der Waals surface area contributed by atoms with Gasteiger partial charge in [-0.25, -0.2) is 0 Å². The third-order valence-electron chi connectivity index (χ3n) is 2.41. The van der Waals surface area contributed by atoms with Crippen molar-refractivity contribution in [3.8, 4) is 11.8 Å². The maximum atomic E-state index is 5.59. The summed E-state index contributed by atoms with van der Waals surface area (Å²) in [6.45, 7) is 6.26. The topological polar surface area (TPSA) is 26.0 Å². The Morgan fingerprint density at radius 3 is 2.40 bits per heavy atom. The van der Waals surface area contributed by atoms with E-state index in [1.165, 1.54) is 11.1 Å². The molecule has 1 aromatic carbocycles. The largest absolute Gasteiger partial charge is 0.318 e. The Bertz CT molecular complexity index is 380. The van der Waals surface area contributed by atoms with Gasteiger partial charge in [-0.3, -0.25) is 0 Å². The molecule has 0 aliphatic heterocycles. The number of benzene rings is 1. The quantitative estimate of drug-likeness (QED) is 0.731. The lowest BCUT2D eigenvalue weighted by molar-refractivity contribution is 0.959. The van der Waals surface area contributed by atoms with Crippen molar-refractivity contribution < 1.29 is 0 Å². The number of hydrogen-bond donors (Lipinski definition) is 1. The van der Waals surface area contributed by atoms with Gasteiger partial charge in [0.1, 0.15) is 0 Å². The van der Waals surface area contributed by atoms with Gasteiger partial charge < -0.3 is 5.73 Å². The molecule has 0 fully saturated rings. The molecule has 0 aliphatic rings. The second-order valence-electron chi connectivity index (χ2n) is 3.75. The van der Waals surface area contributed by atoms with Gasteiger partial charge >= 0.3 is 0 Å². The second-order valence-corrected chi connectivity index (χ2v) is 3.75. The van der Waals surface area contributed by atoms with Crippen LogP contribution in [-0.4, -0.2) is 6.04 Å². The molecule has 0 aliphatic carbocycles. The molecule has 0 amide bonds.